The van der Waals surface area contributed by atoms with Gasteiger partial charge in [-0.15, -0.1) is 0 Å². The molecule has 0 amide bonds. The Labute approximate surface area is 117 Å². The third-order valence-electron chi connectivity index (χ3n) is 4.25. The van der Waals surface area contributed by atoms with E-state index < -0.39 is 0 Å². The lowest BCUT2D eigenvalue weighted by Gasteiger charge is -2.33. The zero-order valence-corrected chi connectivity index (χ0v) is 12.3. The quantitative estimate of drug-likeness (QED) is 0.790. The van der Waals surface area contributed by atoms with Gasteiger partial charge in [0.25, 0.3) is 0 Å². The Morgan fingerprint density at radius 2 is 1.89 bits per heavy atom. The Balaban J connectivity index is 1.88. The molecule has 1 unspecified atom stereocenters. The number of thiol groups is 1. The molecule has 18 heavy (non-hydrogen) atoms. The second-order valence-corrected chi connectivity index (χ2v) is 5.81. The maximum atomic E-state index is 4.54. The van der Waals surface area contributed by atoms with Crippen LogP contribution in [0.5, 0.6) is 0 Å². The van der Waals surface area contributed by atoms with E-state index in [9.17, 15) is 0 Å². The van der Waals surface area contributed by atoms with Gasteiger partial charge in [0.2, 0.25) is 0 Å². The molecule has 0 aliphatic carbocycles. The highest BCUT2D eigenvalue weighted by molar-refractivity contribution is 7.80. The van der Waals surface area contributed by atoms with Crippen molar-refractivity contribution in [1.82, 2.24) is 4.90 Å². The first-order valence-electron chi connectivity index (χ1n) is 7.21. The zero-order chi connectivity index (χ0) is 12.8. The first-order chi connectivity index (χ1) is 8.83. The SMILES string of the molecule is CCC1CCN(CC(CS)c2ccccc2)CC1. The van der Waals surface area contributed by atoms with E-state index in [1.54, 1.807) is 0 Å². The molecule has 100 valence electrons. The van der Waals surface area contributed by atoms with Crippen LogP contribution in [-0.2, 0) is 0 Å². The van der Waals surface area contributed by atoms with Crippen LogP contribution in [0.2, 0.25) is 0 Å². The molecular formula is C16H25NS. The Morgan fingerprint density at radius 3 is 2.44 bits per heavy atom. The molecule has 1 aromatic carbocycles. The molecule has 0 N–H and O–H groups in total. The molecule has 1 saturated heterocycles. The average molecular weight is 263 g/mol. The van der Waals surface area contributed by atoms with E-state index >= 15 is 0 Å². The molecular weight excluding hydrogens is 238 g/mol. The normalized spacial score (nSPS) is 19.9. The molecule has 1 heterocycles. The molecule has 2 rings (SSSR count). The van der Waals surface area contributed by atoms with E-state index in [1.165, 1.54) is 44.5 Å². The van der Waals surface area contributed by atoms with Gasteiger partial charge in [-0.3, -0.25) is 0 Å². The first kappa shape index (κ1) is 14.0. The lowest BCUT2D eigenvalue weighted by atomic mass is 9.93. The van der Waals surface area contributed by atoms with Crippen molar-refractivity contribution in [2.75, 3.05) is 25.4 Å². The maximum absolute atomic E-state index is 4.54. The summed E-state index contributed by atoms with van der Waals surface area (Å²) in [6.07, 6.45) is 4.11. The van der Waals surface area contributed by atoms with Crippen molar-refractivity contribution in [3.63, 3.8) is 0 Å². The predicted molar refractivity (Wildman–Crippen MR) is 82.5 cm³/mol. The highest BCUT2D eigenvalue weighted by Crippen LogP contribution is 2.24. The molecule has 1 fully saturated rings. The van der Waals surface area contributed by atoms with Crippen LogP contribution in [0.3, 0.4) is 0 Å². The zero-order valence-electron chi connectivity index (χ0n) is 11.4. The summed E-state index contributed by atoms with van der Waals surface area (Å²) < 4.78 is 0. The summed E-state index contributed by atoms with van der Waals surface area (Å²) >= 11 is 4.54. The van der Waals surface area contributed by atoms with Crippen LogP contribution < -0.4 is 0 Å². The Bertz CT molecular complexity index is 330. The van der Waals surface area contributed by atoms with Gasteiger partial charge in [-0.2, -0.15) is 12.6 Å². The fourth-order valence-electron chi connectivity index (χ4n) is 2.88. The topological polar surface area (TPSA) is 3.24 Å². The number of piperidine rings is 1. The van der Waals surface area contributed by atoms with Crippen LogP contribution in [0.4, 0.5) is 0 Å². The summed E-state index contributed by atoms with van der Waals surface area (Å²) in [6.45, 7) is 6.04. The average Bonchev–Trinajstić information content (AvgIpc) is 2.46. The molecule has 0 radical (unpaired) electrons. The number of benzene rings is 1. The van der Waals surface area contributed by atoms with Gasteiger partial charge in [0.05, 0.1) is 0 Å². The summed E-state index contributed by atoms with van der Waals surface area (Å²) in [5.41, 5.74) is 1.44. The second-order valence-electron chi connectivity index (χ2n) is 5.44. The van der Waals surface area contributed by atoms with Gasteiger partial charge in [-0.05, 0) is 43.2 Å². The summed E-state index contributed by atoms with van der Waals surface area (Å²) in [5.74, 6) is 2.48. The highest BCUT2D eigenvalue weighted by atomic mass is 32.1. The lowest BCUT2D eigenvalue weighted by molar-refractivity contribution is 0.175. The number of likely N-dealkylation sites (tertiary alicyclic amines) is 1. The van der Waals surface area contributed by atoms with Gasteiger partial charge in [0.1, 0.15) is 0 Å². The largest absolute Gasteiger partial charge is 0.303 e. The van der Waals surface area contributed by atoms with E-state index in [4.69, 9.17) is 0 Å². The number of rotatable bonds is 5. The van der Waals surface area contributed by atoms with Crippen molar-refractivity contribution < 1.29 is 0 Å². The van der Waals surface area contributed by atoms with Gasteiger partial charge < -0.3 is 4.90 Å². The maximum Gasteiger partial charge on any atom is 0.00581 e. The van der Waals surface area contributed by atoms with Gasteiger partial charge in [-0.1, -0.05) is 43.7 Å². The molecule has 1 aromatic rings. The van der Waals surface area contributed by atoms with Crippen molar-refractivity contribution in [2.24, 2.45) is 5.92 Å². The highest BCUT2D eigenvalue weighted by Gasteiger charge is 2.20. The standard InChI is InChI=1S/C16H25NS/c1-2-14-8-10-17(11-9-14)12-16(13-18)15-6-4-3-5-7-15/h3-7,14,16,18H,2,8-13H2,1H3. The lowest BCUT2D eigenvalue weighted by Crippen LogP contribution is -2.36. The summed E-state index contributed by atoms with van der Waals surface area (Å²) in [5, 5.41) is 0. The van der Waals surface area contributed by atoms with E-state index in [0.717, 1.165) is 11.7 Å². The molecule has 0 aromatic heterocycles. The fraction of sp³-hybridized carbons (Fsp3) is 0.625. The van der Waals surface area contributed by atoms with Crippen molar-refractivity contribution in [3.8, 4) is 0 Å². The minimum Gasteiger partial charge on any atom is -0.303 e. The van der Waals surface area contributed by atoms with Crippen molar-refractivity contribution in [1.29, 1.82) is 0 Å². The number of hydrogen-bond acceptors (Lipinski definition) is 2. The van der Waals surface area contributed by atoms with Gasteiger partial charge in [0.15, 0.2) is 0 Å². The number of nitrogens with zero attached hydrogens (tertiary/aromatic N) is 1. The van der Waals surface area contributed by atoms with Crippen LogP contribution in [-0.4, -0.2) is 30.3 Å². The monoisotopic (exact) mass is 263 g/mol. The predicted octanol–water partition coefficient (Wildman–Crippen LogP) is 3.82. The minimum absolute atomic E-state index is 0.577. The Morgan fingerprint density at radius 1 is 1.22 bits per heavy atom. The smallest absolute Gasteiger partial charge is 0.00581 e. The van der Waals surface area contributed by atoms with E-state index in [1.807, 2.05) is 0 Å². The molecule has 0 saturated carbocycles. The Kier molecular flexibility index (Phi) is 5.58. The molecule has 0 bridgehead atoms. The number of hydrogen-bond donors (Lipinski definition) is 1. The van der Waals surface area contributed by atoms with E-state index in [2.05, 4.69) is 54.8 Å². The van der Waals surface area contributed by atoms with Crippen molar-refractivity contribution >= 4 is 12.6 Å². The Hall–Kier alpha value is -0.470. The van der Waals surface area contributed by atoms with Gasteiger partial charge in [0, 0.05) is 12.5 Å². The van der Waals surface area contributed by atoms with E-state index in [-0.39, 0.29) is 0 Å². The fourth-order valence-corrected chi connectivity index (χ4v) is 3.21. The third-order valence-corrected chi connectivity index (χ3v) is 4.70. The molecule has 1 aliphatic heterocycles. The van der Waals surface area contributed by atoms with Crippen LogP contribution in [0.15, 0.2) is 30.3 Å². The second kappa shape index (κ2) is 7.20. The van der Waals surface area contributed by atoms with E-state index in [0.29, 0.717) is 5.92 Å². The third kappa shape index (κ3) is 3.76. The van der Waals surface area contributed by atoms with Crippen molar-refractivity contribution in [2.45, 2.75) is 32.1 Å². The van der Waals surface area contributed by atoms with Crippen LogP contribution in [0.25, 0.3) is 0 Å². The molecule has 0 spiro atoms. The van der Waals surface area contributed by atoms with Gasteiger partial charge in [-0.25, -0.2) is 0 Å². The summed E-state index contributed by atoms with van der Waals surface area (Å²) in [6, 6.07) is 10.8. The summed E-state index contributed by atoms with van der Waals surface area (Å²) in [7, 11) is 0. The van der Waals surface area contributed by atoms with Crippen molar-refractivity contribution in [3.05, 3.63) is 35.9 Å². The molecule has 1 atom stereocenters. The van der Waals surface area contributed by atoms with Gasteiger partial charge >= 0.3 is 0 Å². The molecule has 2 heteroatoms. The van der Waals surface area contributed by atoms with Crippen LogP contribution in [0.1, 0.15) is 37.7 Å². The molecule has 1 nitrogen and oxygen atoms in total. The molecule has 1 aliphatic rings. The van der Waals surface area contributed by atoms with Crippen LogP contribution >= 0.6 is 12.6 Å². The summed E-state index contributed by atoms with van der Waals surface area (Å²) in [4.78, 5) is 2.63. The first-order valence-corrected chi connectivity index (χ1v) is 7.85. The minimum atomic E-state index is 0.577. The van der Waals surface area contributed by atoms with Crippen LogP contribution in [0, 0.1) is 5.92 Å².